The first-order valence-electron chi connectivity index (χ1n) is 14.5. The van der Waals surface area contributed by atoms with Crippen molar-refractivity contribution in [3.8, 4) is 10.6 Å². The zero-order valence-electron chi connectivity index (χ0n) is 24.0. The molecule has 1 N–H and O–H groups in total. The molecule has 1 atom stereocenters. The highest BCUT2D eigenvalue weighted by atomic mass is 35.5. The standard InChI is InChI=1S/C33H38ClN3O3S/c1-21(2)16-30-35-19-28(41-30)33-31(24-12-13-24)32(37-40-33)25(10-7-15-39-20-23-8-5-4-6-9-23)18-29(38)36-27-14-11-22(3)17-26(27)34/h4-6,8-9,11,14,17,19,21,24-25H,7,10,12-13,15-16,18,20H2,1-3H3,(H,36,38)/t25-/m0/s1. The van der Waals surface area contributed by atoms with Crippen LogP contribution < -0.4 is 5.32 Å². The SMILES string of the molecule is Cc1ccc(NC(=O)C[C@H](CCCOCc2ccccc2)c2noc(-c3cnc(CC(C)C)s3)c2C2CC2)c(Cl)c1. The summed E-state index contributed by atoms with van der Waals surface area (Å²) in [7, 11) is 0. The number of carbonyl (C=O) groups is 1. The second kappa shape index (κ2) is 13.8. The van der Waals surface area contributed by atoms with E-state index < -0.39 is 0 Å². The molecule has 41 heavy (non-hydrogen) atoms. The van der Waals surface area contributed by atoms with Crippen LogP contribution in [-0.2, 0) is 22.6 Å². The van der Waals surface area contributed by atoms with Gasteiger partial charge in [0.2, 0.25) is 5.91 Å². The molecule has 0 saturated heterocycles. The Kier molecular flexibility index (Phi) is 9.91. The van der Waals surface area contributed by atoms with E-state index in [2.05, 4.69) is 41.4 Å². The third-order valence-electron chi connectivity index (χ3n) is 7.27. The molecule has 1 aliphatic carbocycles. The van der Waals surface area contributed by atoms with Crippen LogP contribution in [-0.4, -0.2) is 22.7 Å². The lowest BCUT2D eigenvalue weighted by Gasteiger charge is -2.17. The second-order valence-corrected chi connectivity index (χ2v) is 12.9. The molecule has 1 fully saturated rings. The van der Waals surface area contributed by atoms with Gasteiger partial charge in [0, 0.05) is 37.1 Å². The van der Waals surface area contributed by atoms with Crippen LogP contribution in [0.1, 0.15) is 85.2 Å². The minimum absolute atomic E-state index is 0.0886. The number of carbonyl (C=O) groups excluding carboxylic acids is 1. The van der Waals surface area contributed by atoms with Gasteiger partial charge in [0.1, 0.15) is 0 Å². The second-order valence-electron chi connectivity index (χ2n) is 11.4. The fourth-order valence-corrected chi connectivity index (χ4v) is 6.49. The van der Waals surface area contributed by atoms with E-state index in [1.807, 2.05) is 49.5 Å². The smallest absolute Gasteiger partial charge is 0.225 e. The Bertz CT molecular complexity index is 1450. The summed E-state index contributed by atoms with van der Waals surface area (Å²) in [5, 5.41) is 9.28. The van der Waals surface area contributed by atoms with Crippen LogP contribution in [0.5, 0.6) is 0 Å². The number of rotatable bonds is 14. The summed E-state index contributed by atoms with van der Waals surface area (Å²) in [4.78, 5) is 19.0. The molecule has 1 amide bonds. The molecule has 5 rings (SSSR count). The molecular weight excluding hydrogens is 554 g/mol. The van der Waals surface area contributed by atoms with E-state index in [0.29, 0.717) is 35.8 Å². The van der Waals surface area contributed by atoms with Gasteiger partial charge in [0.15, 0.2) is 5.76 Å². The lowest BCUT2D eigenvalue weighted by Crippen LogP contribution is -2.17. The van der Waals surface area contributed by atoms with Crippen molar-refractivity contribution in [2.75, 3.05) is 11.9 Å². The molecule has 0 spiro atoms. The van der Waals surface area contributed by atoms with Crippen LogP contribution in [0, 0.1) is 12.8 Å². The highest BCUT2D eigenvalue weighted by molar-refractivity contribution is 7.15. The number of nitrogens with one attached hydrogen (secondary N) is 1. The first kappa shape index (κ1) is 29.5. The van der Waals surface area contributed by atoms with Gasteiger partial charge in [-0.1, -0.05) is 67.0 Å². The summed E-state index contributed by atoms with van der Waals surface area (Å²) in [5.74, 6) is 1.58. The van der Waals surface area contributed by atoms with E-state index >= 15 is 0 Å². The summed E-state index contributed by atoms with van der Waals surface area (Å²) < 4.78 is 12.0. The summed E-state index contributed by atoms with van der Waals surface area (Å²) in [6.07, 6.45) is 6.93. The van der Waals surface area contributed by atoms with E-state index in [-0.39, 0.29) is 18.2 Å². The van der Waals surface area contributed by atoms with Crippen LogP contribution in [0.15, 0.2) is 59.3 Å². The molecule has 1 saturated carbocycles. The maximum atomic E-state index is 13.3. The molecule has 2 heterocycles. The number of halogens is 1. The summed E-state index contributed by atoms with van der Waals surface area (Å²) >= 11 is 8.09. The van der Waals surface area contributed by atoms with Gasteiger partial charge < -0.3 is 14.6 Å². The molecule has 216 valence electrons. The van der Waals surface area contributed by atoms with E-state index in [4.69, 9.17) is 20.9 Å². The van der Waals surface area contributed by atoms with Crippen molar-refractivity contribution in [2.45, 2.75) is 77.7 Å². The predicted molar refractivity (Wildman–Crippen MR) is 166 cm³/mol. The van der Waals surface area contributed by atoms with Crippen molar-refractivity contribution >= 4 is 34.5 Å². The van der Waals surface area contributed by atoms with Crippen molar-refractivity contribution in [2.24, 2.45) is 5.92 Å². The Labute approximate surface area is 251 Å². The third-order valence-corrected chi connectivity index (χ3v) is 8.60. The number of anilines is 1. The first-order chi connectivity index (χ1) is 19.9. The van der Waals surface area contributed by atoms with Gasteiger partial charge in [-0.05, 0) is 67.7 Å². The number of aromatic nitrogens is 2. The number of benzene rings is 2. The number of hydrogen-bond donors (Lipinski definition) is 1. The molecule has 0 radical (unpaired) electrons. The van der Waals surface area contributed by atoms with Crippen molar-refractivity contribution in [3.05, 3.63) is 87.1 Å². The molecule has 0 bridgehead atoms. The Morgan fingerprint density at radius 3 is 2.73 bits per heavy atom. The van der Waals surface area contributed by atoms with Gasteiger partial charge in [-0.2, -0.15) is 0 Å². The fourth-order valence-electron chi connectivity index (χ4n) is 5.09. The zero-order chi connectivity index (χ0) is 28.8. The Morgan fingerprint density at radius 1 is 1.20 bits per heavy atom. The summed E-state index contributed by atoms with van der Waals surface area (Å²) in [5.41, 5.74) is 4.87. The van der Waals surface area contributed by atoms with Crippen LogP contribution in [0.4, 0.5) is 5.69 Å². The number of hydrogen-bond acceptors (Lipinski definition) is 6. The van der Waals surface area contributed by atoms with Gasteiger partial charge in [0.05, 0.1) is 32.9 Å². The lowest BCUT2D eigenvalue weighted by atomic mass is 9.90. The molecule has 8 heteroatoms. The summed E-state index contributed by atoms with van der Waals surface area (Å²) in [6.45, 7) is 7.56. The van der Waals surface area contributed by atoms with Crippen LogP contribution in [0.25, 0.3) is 10.6 Å². The number of thiazole rings is 1. The molecule has 2 aromatic heterocycles. The topological polar surface area (TPSA) is 77.2 Å². The molecule has 0 aliphatic heterocycles. The predicted octanol–water partition coefficient (Wildman–Crippen LogP) is 8.95. The van der Waals surface area contributed by atoms with Gasteiger partial charge >= 0.3 is 0 Å². The molecule has 0 unspecified atom stereocenters. The molecule has 6 nitrogen and oxygen atoms in total. The normalized spacial score (nSPS) is 14.0. The molecule has 4 aromatic rings. The van der Waals surface area contributed by atoms with E-state index in [0.717, 1.165) is 70.1 Å². The number of nitrogens with zero attached hydrogens (tertiary/aromatic N) is 2. The average molecular weight is 592 g/mol. The molecular formula is C33H38ClN3O3S. The van der Waals surface area contributed by atoms with Crippen molar-refractivity contribution in [1.29, 1.82) is 0 Å². The van der Waals surface area contributed by atoms with Crippen LogP contribution >= 0.6 is 22.9 Å². The lowest BCUT2D eigenvalue weighted by molar-refractivity contribution is -0.116. The van der Waals surface area contributed by atoms with Crippen molar-refractivity contribution in [1.82, 2.24) is 10.1 Å². The number of amides is 1. The fraction of sp³-hybridized carbons (Fsp3) is 0.424. The number of ether oxygens (including phenoxy) is 1. The minimum atomic E-state index is -0.101. The summed E-state index contributed by atoms with van der Waals surface area (Å²) in [6, 6.07) is 15.8. The minimum Gasteiger partial charge on any atom is -0.377 e. The van der Waals surface area contributed by atoms with E-state index in [1.54, 1.807) is 11.3 Å². The average Bonchev–Trinajstić information content (AvgIpc) is 3.52. The van der Waals surface area contributed by atoms with Gasteiger partial charge in [0.25, 0.3) is 0 Å². The number of aryl methyl sites for hydroxylation is 1. The third kappa shape index (κ3) is 8.06. The van der Waals surface area contributed by atoms with E-state index in [1.165, 1.54) is 0 Å². The van der Waals surface area contributed by atoms with Gasteiger partial charge in [-0.15, -0.1) is 11.3 Å². The van der Waals surface area contributed by atoms with E-state index in [9.17, 15) is 4.79 Å². The Hall–Kier alpha value is -3.00. The molecule has 1 aliphatic rings. The monoisotopic (exact) mass is 591 g/mol. The highest BCUT2D eigenvalue weighted by Crippen LogP contribution is 2.49. The zero-order valence-corrected chi connectivity index (χ0v) is 25.6. The van der Waals surface area contributed by atoms with Crippen molar-refractivity contribution in [3.63, 3.8) is 0 Å². The van der Waals surface area contributed by atoms with Gasteiger partial charge in [-0.25, -0.2) is 4.98 Å². The van der Waals surface area contributed by atoms with Crippen molar-refractivity contribution < 1.29 is 14.1 Å². The Balaban J connectivity index is 1.34. The van der Waals surface area contributed by atoms with Crippen LogP contribution in [0.2, 0.25) is 5.02 Å². The molecule has 2 aromatic carbocycles. The van der Waals surface area contributed by atoms with Gasteiger partial charge in [-0.3, -0.25) is 4.79 Å². The maximum absolute atomic E-state index is 13.3. The quantitative estimate of drug-likeness (QED) is 0.148. The first-order valence-corrected chi connectivity index (χ1v) is 15.7. The largest absolute Gasteiger partial charge is 0.377 e. The highest BCUT2D eigenvalue weighted by Gasteiger charge is 2.36. The maximum Gasteiger partial charge on any atom is 0.225 e. The Morgan fingerprint density at radius 2 is 2.00 bits per heavy atom. The van der Waals surface area contributed by atoms with Crippen LogP contribution in [0.3, 0.4) is 0 Å².